The molecule has 6 atom stereocenters. The average Bonchev–Trinajstić information content (AvgIpc) is 4.08. The van der Waals surface area contributed by atoms with Crippen molar-refractivity contribution in [1.29, 1.82) is 0 Å². The molecule has 0 spiro atoms. The van der Waals surface area contributed by atoms with E-state index in [1.807, 2.05) is 57.2 Å². The van der Waals surface area contributed by atoms with Crippen LogP contribution in [0.4, 0.5) is 4.79 Å². The van der Waals surface area contributed by atoms with Gasteiger partial charge >= 0.3 is 6.09 Å². The summed E-state index contributed by atoms with van der Waals surface area (Å²) in [6.45, 7) is 9.67. The number of carbonyl (C=O) groups is 4. The Bertz CT molecular complexity index is 2390. The molecule has 0 bridgehead atoms. The molecule has 16 heteroatoms. The molecule has 4 amide bonds. The van der Waals surface area contributed by atoms with Crippen LogP contribution in [0.15, 0.2) is 72.0 Å². The van der Waals surface area contributed by atoms with Crippen molar-refractivity contribution in [3.05, 3.63) is 88.7 Å². The Morgan fingerprint density at radius 1 is 1.00 bits per heavy atom. The number of nitrogens with one attached hydrogen (secondary N) is 4. The van der Waals surface area contributed by atoms with E-state index in [-0.39, 0.29) is 49.5 Å². The zero-order valence-corrected chi connectivity index (χ0v) is 38.0. The molecule has 3 aliphatic carbocycles. The minimum Gasteiger partial charge on any atom is -0.507 e. The first-order valence-electron chi connectivity index (χ1n) is 22.7. The number of aromatic amines is 1. The van der Waals surface area contributed by atoms with E-state index in [0.717, 1.165) is 44.1 Å². The smallest absolute Gasteiger partial charge is 0.408 e. The zero-order valence-electron chi connectivity index (χ0n) is 37.2. The highest BCUT2D eigenvalue weighted by Gasteiger charge is 2.63. The van der Waals surface area contributed by atoms with Crippen molar-refractivity contribution in [2.75, 3.05) is 13.2 Å². The lowest BCUT2D eigenvalue weighted by Gasteiger charge is -2.36. The Balaban J connectivity index is 0.912. The lowest BCUT2D eigenvalue weighted by molar-refractivity contribution is -0.142. The summed E-state index contributed by atoms with van der Waals surface area (Å²) < 4.78 is 40.0. The van der Waals surface area contributed by atoms with Crippen molar-refractivity contribution in [3.8, 4) is 5.75 Å². The number of pyridine rings is 1. The molecular weight excluding hydrogens is 839 g/mol. The number of fused-ring (bicyclic) bond motifs is 1. The van der Waals surface area contributed by atoms with Crippen LogP contribution in [-0.4, -0.2) is 88.8 Å². The molecular formula is C48H63N5O10S. The molecule has 3 aromatic rings. The molecule has 1 aliphatic heterocycles. The van der Waals surface area contributed by atoms with Gasteiger partial charge < -0.3 is 35.1 Å². The molecule has 7 rings (SSSR count). The molecule has 2 aromatic carbocycles. The third-order valence-corrected chi connectivity index (χ3v) is 15.8. The molecule has 4 aliphatic rings. The van der Waals surface area contributed by atoms with Crippen LogP contribution in [-0.2, 0) is 46.9 Å². The van der Waals surface area contributed by atoms with Crippen LogP contribution in [0.25, 0.3) is 10.9 Å². The van der Waals surface area contributed by atoms with Gasteiger partial charge in [-0.25, -0.2) is 13.2 Å². The number of hydrogen-bond acceptors (Lipinski definition) is 10. The Labute approximate surface area is 375 Å². The lowest BCUT2D eigenvalue weighted by atomic mass is 9.85. The van der Waals surface area contributed by atoms with Gasteiger partial charge in [0.15, 0.2) is 0 Å². The van der Waals surface area contributed by atoms with Gasteiger partial charge in [0, 0.05) is 17.8 Å². The normalized spacial score (nSPS) is 24.1. The van der Waals surface area contributed by atoms with Gasteiger partial charge in [-0.05, 0) is 99.7 Å². The number of sulfonamides is 1. The van der Waals surface area contributed by atoms with E-state index < -0.39 is 67.5 Å². The number of ether oxygens (including phenoxy) is 2. The fourth-order valence-corrected chi connectivity index (χ4v) is 11.0. The van der Waals surface area contributed by atoms with Crippen LogP contribution >= 0.6 is 0 Å². The molecule has 15 nitrogen and oxygen atoms in total. The molecule has 1 aromatic heterocycles. The number of carbonyl (C=O) groups excluding carboxylic acids is 4. The topological polar surface area (TPSA) is 213 Å². The number of hydrogen-bond donors (Lipinski definition) is 5. The molecule has 2 heterocycles. The van der Waals surface area contributed by atoms with E-state index in [0.29, 0.717) is 55.0 Å². The number of aromatic hydroxyl groups is 1. The maximum absolute atomic E-state index is 14.3. The van der Waals surface area contributed by atoms with Gasteiger partial charge in [-0.1, -0.05) is 82.2 Å². The average molecular weight is 902 g/mol. The van der Waals surface area contributed by atoms with Crippen LogP contribution in [0.5, 0.6) is 5.75 Å². The summed E-state index contributed by atoms with van der Waals surface area (Å²) in [5.74, 6) is -2.24. The molecule has 1 saturated heterocycles. The Hall–Kier alpha value is -5.22. The number of rotatable bonds is 19. The van der Waals surface area contributed by atoms with E-state index in [9.17, 15) is 37.5 Å². The Morgan fingerprint density at radius 3 is 2.44 bits per heavy atom. The van der Waals surface area contributed by atoms with Crippen molar-refractivity contribution in [1.82, 2.24) is 25.2 Å². The second kappa shape index (κ2) is 19.1. The van der Waals surface area contributed by atoms with Crippen LogP contribution in [0.3, 0.4) is 0 Å². The summed E-state index contributed by atoms with van der Waals surface area (Å²) in [4.78, 5) is 72.6. The van der Waals surface area contributed by atoms with E-state index >= 15 is 0 Å². The molecule has 64 heavy (non-hydrogen) atoms. The highest BCUT2D eigenvalue weighted by atomic mass is 32.2. The zero-order chi connectivity index (χ0) is 45.9. The van der Waals surface area contributed by atoms with E-state index in [1.165, 1.54) is 11.0 Å². The van der Waals surface area contributed by atoms with E-state index in [1.54, 1.807) is 18.2 Å². The minimum absolute atomic E-state index is 0.0249. The van der Waals surface area contributed by atoms with E-state index in [4.69, 9.17) is 9.47 Å². The molecule has 3 saturated carbocycles. The van der Waals surface area contributed by atoms with Gasteiger partial charge in [-0.3, -0.25) is 23.9 Å². The van der Waals surface area contributed by atoms with Gasteiger partial charge in [0.1, 0.15) is 34.2 Å². The fourth-order valence-electron chi connectivity index (χ4n) is 9.50. The molecule has 5 N–H and O–H groups in total. The van der Waals surface area contributed by atoms with Crippen LogP contribution in [0.2, 0.25) is 0 Å². The number of amides is 4. The first-order chi connectivity index (χ1) is 30.5. The van der Waals surface area contributed by atoms with Gasteiger partial charge in [-0.15, -0.1) is 6.58 Å². The maximum Gasteiger partial charge on any atom is 0.408 e. The number of likely N-dealkylation sites (tertiary alicyclic amines) is 1. The number of H-pyrrole nitrogens is 1. The highest BCUT2D eigenvalue weighted by molar-refractivity contribution is 7.91. The maximum atomic E-state index is 14.3. The van der Waals surface area contributed by atoms with Crippen molar-refractivity contribution in [3.63, 3.8) is 0 Å². The lowest BCUT2D eigenvalue weighted by Crippen LogP contribution is -2.60. The first kappa shape index (κ1) is 46.8. The Kier molecular flexibility index (Phi) is 13.9. The predicted molar refractivity (Wildman–Crippen MR) is 241 cm³/mol. The predicted octanol–water partition coefficient (Wildman–Crippen LogP) is 5.89. The van der Waals surface area contributed by atoms with E-state index in [2.05, 4.69) is 26.9 Å². The third-order valence-electron chi connectivity index (χ3n) is 13.7. The summed E-state index contributed by atoms with van der Waals surface area (Å²) in [5.41, 5.74) is -0.721. The number of nitrogens with zero attached hydrogens (tertiary/aromatic N) is 1. The van der Waals surface area contributed by atoms with Crippen molar-refractivity contribution < 1.29 is 42.2 Å². The van der Waals surface area contributed by atoms with Gasteiger partial charge in [0.2, 0.25) is 21.8 Å². The largest absolute Gasteiger partial charge is 0.507 e. The fraction of sp³-hybridized carbons (Fsp3) is 0.562. The molecule has 2 unspecified atom stereocenters. The van der Waals surface area contributed by atoms with Crippen LogP contribution in [0.1, 0.15) is 109 Å². The molecule has 0 radical (unpaired) electrons. The van der Waals surface area contributed by atoms with Gasteiger partial charge in [-0.2, -0.15) is 0 Å². The standard InChI is InChI=1S/C48H63N5O10S/c1-5-33-28-48(33,44(58)52-64(60,61)47(25-26-47)30-62-29-31-16-8-6-9-17-31)51-42(56)37-23-15-27-53(37)43(57)40(46(2,3)4)50-45(59)63-38-24-14-19-32(38)18-10-7-11-21-35-39(54)34-20-12-13-22-36(34)49-41(35)55/h5-6,8-9,12-13,16-17,20,22,32-33,37-38,40H,1,7,10-11,14-15,18-19,21,23-30H2,2-4H3,(H,50,59)(H,51,56)(H,52,58)(H2,49,54,55)/t32-,33?,37+,38?,40-,48-/m1/s1. The van der Waals surface area contributed by atoms with Crippen LogP contribution in [0, 0.1) is 17.3 Å². The second-order valence-corrected chi connectivity index (χ2v) is 21.4. The van der Waals surface area contributed by atoms with Crippen molar-refractivity contribution in [2.45, 2.75) is 139 Å². The summed E-state index contributed by atoms with van der Waals surface area (Å²) in [7, 11) is -4.18. The van der Waals surface area contributed by atoms with Crippen LogP contribution < -0.4 is 20.9 Å². The van der Waals surface area contributed by atoms with Gasteiger partial charge in [0.25, 0.3) is 11.5 Å². The summed E-state index contributed by atoms with van der Waals surface area (Å²) in [6.07, 6.45) is 8.31. The minimum atomic E-state index is -4.18. The van der Waals surface area contributed by atoms with Crippen molar-refractivity contribution >= 4 is 44.7 Å². The van der Waals surface area contributed by atoms with Gasteiger partial charge in [0.05, 0.1) is 24.3 Å². The number of aromatic nitrogens is 1. The third kappa shape index (κ3) is 10.2. The summed E-state index contributed by atoms with van der Waals surface area (Å²) in [6, 6.07) is 14.5. The highest BCUT2D eigenvalue weighted by Crippen LogP contribution is 2.47. The first-order valence-corrected chi connectivity index (χ1v) is 24.2. The number of benzene rings is 2. The Morgan fingerprint density at radius 2 is 1.73 bits per heavy atom. The second-order valence-electron chi connectivity index (χ2n) is 19.3. The summed E-state index contributed by atoms with van der Waals surface area (Å²) >= 11 is 0. The quantitative estimate of drug-likeness (QED) is 0.0711. The summed E-state index contributed by atoms with van der Waals surface area (Å²) in [5, 5.41) is 17.0. The SMILES string of the molecule is C=CC1C[C@]1(NC(=O)[C@@H]1CCCN1C(=O)[C@@H](NC(=O)OC1CCC[C@H]1CCCCCc1c(O)c2ccccc2[nH]c1=O)C(C)(C)C)C(=O)NS(=O)(=O)C1(COCc2ccccc2)CC1. The molecule has 4 fully saturated rings. The number of unbranched alkanes of at least 4 members (excludes halogenated alkanes) is 2. The van der Waals surface area contributed by atoms with Crippen molar-refractivity contribution in [2.24, 2.45) is 17.3 Å². The monoisotopic (exact) mass is 901 g/mol. The number of para-hydroxylation sites is 1. The molecule has 346 valence electrons. The number of alkyl carbamates (subject to hydrolysis) is 1.